The number of hydrogen-bond donors (Lipinski definition) is 0. The number of rotatable bonds is 3. The van der Waals surface area contributed by atoms with Gasteiger partial charge in [-0.2, -0.15) is 5.10 Å². The molecule has 2 heterocycles. The van der Waals surface area contributed by atoms with Gasteiger partial charge in [-0.25, -0.2) is 9.31 Å². The summed E-state index contributed by atoms with van der Waals surface area (Å²) >= 11 is 0. The first kappa shape index (κ1) is 11.4. The summed E-state index contributed by atoms with van der Waals surface area (Å²) in [7, 11) is 0. The lowest BCUT2D eigenvalue weighted by Gasteiger charge is -1.98. The third kappa shape index (κ3) is 2.53. The molecule has 0 aliphatic carbocycles. The number of hydrogen-bond acceptors (Lipinski definition) is 3. The fraction of sp³-hybridized carbons (Fsp3) is 0.231. The number of fused-ring (bicyclic) bond motifs is 1. The largest absolute Gasteiger partial charge is 0.463 e. The predicted octanol–water partition coefficient (Wildman–Crippen LogP) is 2.22. The van der Waals surface area contributed by atoms with Gasteiger partial charge < -0.3 is 4.74 Å². The van der Waals surface area contributed by atoms with E-state index in [1.807, 2.05) is 31.3 Å². The van der Waals surface area contributed by atoms with Crippen LogP contribution >= 0.6 is 0 Å². The second-order valence-corrected chi connectivity index (χ2v) is 3.66. The third-order valence-electron chi connectivity index (χ3n) is 2.34. The lowest BCUT2D eigenvalue weighted by atomic mass is 10.2. The van der Waals surface area contributed by atoms with Crippen LogP contribution in [0.3, 0.4) is 0 Å². The Balaban J connectivity index is 2.32. The van der Waals surface area contributed by atoms with Crippen LogP contribution in [-0.2, 0) is 9.53 Å². The van der Waals surface area contributed by atoms with Gasteiger partial charge in [0.15, 0.2) is 0 Å². The summed E-state index contributed by atoms with van der Waals surface area (Å²) in [6.45, 7) is 4.11. The number of ether oxygens (including phenoxy) is 1. The number of aromatic nitrogens is 2. The van der Waals surface area contributed by atoms with Crippen LogP contribution in [0.5, 0.6) is 0 Å². The van der Waals surface area contributed by atoms with E-state index in [9.17, 15) is 4.79 Å². The molecule has 0 atom stereocenters. The van der Waals surface area contributed by atoms with E-state index < -0.39 is 0 Å². The van der Waals surface area contributed by atoms with Crippen LogP contribution in [0, 0.1) is 6.92 Å². The second-order valence-electron chi connectivity index (χ2n) is 3.66. The highest BCUT2D eigenvalue weighted by molar-refractivity contribution is 5.88. The first-order chi connectivity index (χ1) is 8.20. The van der Waals surface area contributed by atoms with Crippen LogP contribution in [0.1, 0.15) is 18.2 Å². The molecule has 0 saturated carbocycles. The van der Waals surface area contributed by atoms with Crippen LogP contribution in [0.2, 0.25) is 0 Å². The minimum Gasteiger partial charge on any atom is -0.463 e. The Morgan fingerprint density at radius 1 is 1.59 bits per heavy atom. The fourth-order valence-corrected chi connectivity index (χ4v) is 1.65. The standard InChI is InChI=1S/C13H14N2O2/c1-3-17-13(16)7-6-11-5-4-8-15-12(11)9-10(2)14-15/h4-9H,3H2,1-2H3/b7-6+. The van der Waals surface area contributed by atoms with Crippen molar-refractivity contribution in [1.29, 1.82) is 0 Å². The molecule has 0 saturated heterocycles. The Hall–Kier alpha value is -2.10. The van der Waals surface area contributed by atoms with Gasteiger partial charge in [-0.3, -0.25) is 0 Å². The van der Waals surface area contributed by atoms with E-state index >= 15 is 0 Å². The summed E-state index contributed by atoms with van der Waals surface area (Å²) in [5, 5.41) is 4.30. The summed E-state index contributed by atoms with van der Waals surface area (Å²) in [6.07, 6.45) is 5.06. The normalized spacial score (nSPS) is 11.2. The highest BCUT2D eigenvalue weighted by atomic mass is 16.5. The van der Waals surface area contributed by atoms with E-state index in [4.69, 9.17) is 4.74 Å². The molecule has 0 radical (unpaired) electrons. The van der Waals surface area contributed by atoms with Crippen molar-refractivity contribution in [2.24, 2.45) is 0 Å². The summed E-state index contributed by atoms with van der Waals surface area (Å²) in [5.74, 6) is -0.328. The van der Waals surface area contributed by atoms with Crippen LogP contribution < -0.4 is 0 Å². The van der Waals surface area contributed by atoms with E-state index in [1.54, 1.807) is 17.5 Å². The highest BCUT2D eigenvalue weighted by Crippen LogP contribution is 2.13. The molecular weight excluding hydrogens is 216 g/mol. The smallest absolute Gasteiger partial charge is 0.330 e. The second kappa shape index (κ2) is 4.82. The number of esters is 1. The van der Waals surface area contributed by atoms with Gasteiger partial charge in [-0.05, 0) is 32.1 Å². The van der Waals surface area contributed by atoms with E-state index in [-0.39, 0.29) is 5.97 Å². The molecule has 0 unspecified atom stereocenters. The number of nitrogens with zero attached hydrogens (tertiary/aromatic N) is 2. The van der Waals surface area contributed by atoms with Crippen LogP contribution in [-0.4, -0.2) is 22.2 Å². The quantitative estimate of drug-likeness (QED) is 0.600. The van der Waals surface area contributed by atoms with Crippen molar-refractivity contribution >= 4 is 17.6 Å². The first-order valence-electron chi connectivity index (χ1n) is 5.50. The molecule has 2 rings (SSSR count). The van der Waals surface area contributed by atoms with Gasteiger partial charge >= 0.3 is 5.97 Å². The number of pyridine rings is 1. The van der Waals surface area contributed by atoms with E-state index in [0.717, 1.165) is 16.8 Å². The van der Waals surface area contributed by atoms with Gasteiger partial charge in [0, 0.05) is 17.8 Å². The maximum atomic E-state index is 11.2. The Labute approximate surface area is 99.5 Å². The molecule has 88 valence electrons. The lowest BCUT2D eigenvalue weighted by molar-refractivity contribution is -0.137. The fourth-order valence-electron chi connectivity index (χ4n) is 1.65. The molecule has 2 aromatic heterocycles. The maximum absolute atomic E-state index is 11.2. The van der Waals surface area contributed by atoms with Crippen LogP contribution in [0.25, 0.3) is 11.6 Å². The van der Waals surface area contributed by atoms with E-state index in [0.29, 0.717) is 6.61 Å². The lowest BCUT2D eigenvalue weighted by Crippen LogP contribution is -1.98. The average Bonchev–Trinajstić information content (AvgIpc) is 2.67. The molecule has 0 aromatic carbocycles. The van der Waals surface area contributed by atoms with Gasteiger partial charge in [0.1, 0.15) is 0 Å². The van der Waals surface area contributed by atoms with Gasteiger partial charge in [0.05, 0.1) is 17.8 Å². The minimum absolute atomic E-state index is 0.328. The summed E-state index contributed by atoms with van der Waals surface area (Å²) in [6, 6.07) is 5.81. The van der Waals surface area contributed by atoms with Gasteiger partial charge in [-0.15, -0.1) is 0 Å². The molecule has 17 heavy (non-hydrogen) atoms. The molecule has 0 aliphatic rings. The molecule has 0 amide bonds. The molecule has 0 spiro atoms. The molecule has 0 fully saturated rings. The molecule has 4 nitrogen and oxygen atoms in total. The summed E-state index contributed by atoms with van der Waals surface area (Å²) < 4.78 is 6.62. The Kier molecular flexibility index (Phi) is 3.23. The van der Waals surface area contributed by atoms with Gasteiger partial charge in [0.2, 0.25) is 0 Å². The summed E-state index contributed by atoms with van der Waals surface area (Å²) in [4.78, 5) is 11.2. The van der Waals surface area contributed by atoms with Crippen molar-refractivity contribution in [1.82, 2.24) is 9.61 Å². The third-order valence-corrected chi connectivity index (χ3v) is 2.34. The van der Waals surface area contributed by atoms with Crippen molar-refractivity contribution in [3.8, 4) is 0 Å². The monoisotopic (exact) mass is 230 g/mol. The van der Waals surface area contributed by atoms with Crippen molar-refractivity contribution in [2.45, 2.75) is 13.8 Å². The molecule has 0 aliphatic heterocycles. The van der Waals surface area contributed by atoms with Crippen molar-refractivity contribution < 1.29 is 9.53 Å². The summed E-state index contributed by atoms with van der Waals surface area (Å²) in [5.41, 5.74) is 2.87. The van der Waals surface area contributed by atoms with Gasteiger partial charge in [0.25, 0.3) is 0 Å². The first-order valence-corrected chi connectivity index (χ1v) is 5.50. The Morgan fingerprint density at radius 2 is 2.41 bits per heavy atom. The zero-order valence-corrected chi connectivity index (χ0v) is 9.88. The van der Waals surface area contributed by atoms with E-state index in [2.05, 4.69) is 5.10 Å². The van der Waals surface area contributed by atoms with Crippen molar-refractivity contribution in [2.75, 3.05) is 6.61 Å². The molecule has 2 aromatic rings. The zero-order valence-electron chi connectivity index (χ0n) is 9.88. The maximum Gasteiger partial charge on any atom is 0.330 e. The minimum atomic E-state index is -0.328. The predicted molar refractivity (Wildman–Crippen MR) is 65.6 cm³/mol. The average molecular weight is 230 g/mol. The van der Waals surface area contributed by atoms with Crippen LogP contribution in [0.15, 0.2) is 30.5 Å². The Bertz CT molecular complexity index is 570. The zero-order chi connectivity index (χ0) is 12.3. The number of carbonyl (C=O) groups is 1. The molecular formula is C13H14N2O2. The van der Waals surface area contributed by atoms with Crippen molar-refractivity contribution in [3.05, 3.63) is 41.7 Å². The molecule has 0 bridgehead atoms. The van der Waals surface area contributed by atoms with E-state index in [1.165, 1.54) is 6.08 Å². The molecule has 0 N–H and O–H groups in total. The van der Waals surface area contributed by atoms with Crippen molar-refractivity contribution in [3.63, 3.8) is 0 Å². The van der Waals surface area contributed by atoms with Crippen LogP contribution in [0.4, 0.5) is 0 Å². The topological polar surface area (TPSA) is 43.6 Å². The number of carbonyl (C=O) groups excluding carboxylic acids is 1. The highest BCUT2D eigenvalue weighted by Gasteiger charge is 2.01. The number of aryl methyl sites for hydroxylation is 1. The molecule has 4 heteroatoms. The Morgan fingerprint density at radius 3 is 3.18 bits per heavy atom. The van der Waals surface area contributed by atoms with Gasteiger partial charge in [-0.1, -0.05) is 6.07 Å². The SMILES string of the molecule is CCOC(=O)/C=C/c1cccn2nc(C)cc12.